The third kappa shape index (κ3) is 5.65. The van der Waals surface area contributed by atoms with E-state index in [1.54, 1.807) is 18.2 Å². The fourth-order valence-electron chi connectivity index (χ4n) is 3.20. The molecule has 0 saturated carbocycles. The van der Waals surface area contributed by atoms with E-state index in [1.807, 2.05) is 18.7 Å². The number of rotatable bonds is 8. The zero-order valence-corrected chi connectivity index (χ0v) is 18.8. The molecule has 1 saturated heterocycles. The molecular formula is C21H29N5O4S. The Labute approximate surface area is 183 Å². The zero-order valence-electron chi connectivity index (χ0n) is 18.0. The van der Waals surface area contributed by atoms with Gasteiger partial charge in [-0.1, -0.05) is 13.0 Å². The monoisotopic (exact) mass is 447 g/mol. The van der Waals surface area contributed by atoms with E-state index in [1.165, 1.54) is 25.4 Å². The number of benzene rings is 1. The van der Waals surface area contributed by atoms with E-state index in [0.29, 0.717) is 30.2 Å². The normalized spacial score (nSPS) is 15.3. The van der Waals surface area contributed by atoms with Gasteiger partial charge in [-0.25, -0.2) is 13.4 Å². The van der Waals surface area contributed by atoms with Crippen LogP contribution in [0.4, 0.5) is 11.5 Å². The zero-order chi connectivity index (χ0) is 22.4. The first-order chi connectivity index (χ1) is 14.8. The maximum atomic E-state index is 13.0. The van der Waals surface area contributed by atoms with Crippen molar-refractivity contribution in [2.45, 2.75) is 31.2 Å². The van der Waals surface area contributed by atoms with Gasteiger partial charge in [0.1, 0.15) is 11.6 Å². The van der Waals surface area contributed by atoms with Crippen LogP contribution in [0.5, 0.6) is 5.75 Å². The Morgan fingerprint density at radius 3 is 2.71 bits per heavy atom. The van der Waals surface area contributed by atoms with Crippen molar-refractivity contribution >= 4 is 27.4 Å². The van der Waals surface area contributed by atoms with E-state index >= 15 is 0 Å². The lowest BCUT2D eigenvalue weighted by molar-refractivity contribution is 0.0939. The second-order valence-electron chi connectivity index (χ2n) is 7.40. The molecule has 0 bridgehead atoms. The Kier molecular flexibility index (Phi) is 7.34. The average molecular weight is 448 g/mol. The SMILES string of the molecule is CC[C@H](C)NC(=O)c1cc(NS(=O)(=O)c2cccc(OC)c2)cnc1N1CCNCC1. The maximum absolute atomic E-state index is 13.0. The molecule has 0 radical (unpaired) electrons. The van der Waals surface area contributed by atoms with E-state index in [2.05, 4.69) is 20.3 Å². The molecule has 31 heavy (non-hydrogen) atoms. The number of carbonyl (C=O) groups excluding carboxylic acids is 1. The molecule has 1 fully saturated rings. The molecule has 0 unspecified atom stereocenters. The van der Waals surface area contributed by atoms with Gasteiger partial charge in [0, 0.05) is 38.3 Å². The number of nitrogens with one attached hydrogen (secondary N) is 3. The van der Waals surface area contributed by atoms with Crippen molar-refractivity contribution in [3.05, 3.63) is 42.1 Å². The first-order valence-electron chi connectivity index (χ1n) is 10.3. The predicted octanol–water partition coefficient (Wildman–Crippen LogP) is 1.83. The van der Waals surface area contributed by atoms with E-state index in [-0.39, 0.29) is 22.5 Å². The highest BCUT2D eigenvalue weighted by molar-refractivity contribution is 7.92. The highest BCUT2D eigenvalue weighted by Crippen LogP contribution is 2.25. The van der Waals surface area contributed by atoms with Crippen LogP contribution in [-0.2, 0) is 10.0 Å². The number of ether oxygens (including phenoxy) is 1. The minimum Gasteiger partial charge on any atom is -0.497 e. The van der Waals surface area contributed by atoms with E-state index in [0.717, 1.165) is 19.5 Å². The highest BCUT2D eigenvalue weighted by atomic mass is 32.2. The van der Waals surface area contributed by atoms with Crippen molar-refractivity contribution in [2.24, 2.45) is 0 Å². The molecule has 3 N–H and O–H groups in total. The number of amides is 1. The molecule has 1 atom stereocenters. The molecule has 9 nitrogen and oxygen atoms in total. The number of anilines is 2. The molecule has 1 aliphatic rings. The fourth-order valence-corrected chi connectivity index (χ4v) is 4.26. The number of piperazine rings is 1. The summed E-state index contributed by atoms with van der Waals surface area (Å²) in [5, 5.41) is 6.22. The largest absolute Gasteiger partial charge is 0.497 e. The molecule has 0 aliphatic carbocycles. The lowest BCUT2D eigenvalue weighted by atomic mass is 10.1. The Hall–Kier alpha value is -2.85. The lowest BCUT2D eigenvalue weighted by Crippen LogP contribution is -2.45. The van der Waals surface area contributed by atoms with Crippen molar-refractivity contribution in [3.63, 3.8) is 0 Å². The Bertz CT molecular complexity index is 1020. The van der Waals surface area contributed by atoms with Crippen molar-refractivity contribution in [2.75, 3.05) is 42.9 Å². The van der Waals surface area contributed by atoms with Gasteiger partial charge in [-0.2, -0.15) is 0 Å². The van der Waals surface area contributed by atoms with Crippen LogP contribution in [0.15, 0.2) is 41.4 Å². The van der Waals surface area contributed by atoms with E-state index in [9.17, 15) is 13.2 Å². The number of methoxy groups -OCH3 is 1. The predicted molar refractivity (Wildman–Crippen MR) is 120 cm³/mol. The van der Waals surface area contributed by atoms with Gasteiger partial charge in [-0.3, -0.25) is 9.52 Å². The average Bonchev–Trinajstić information content (AvgIpc) is 2.79. The Balaban J connectivity index is 1.93. The fraction of sp³-hybridized carbons (Fsp3) is 0.429. The molecule has 1 amide bonds. The summed E-state index contributed by atoms with van der Waals surface area (Å²) in [6.45, 7) is 6.91. The first kappa shape index (κ1) is 22.8. The lowest BCUT2D eigenvalue weighted by Gasteiger charge is -2.30. The molecule has 1 aromatic heterocycles. The van der Waals surface area contributed by atoms with E-state index in [4.69, 9.17) is 4.74 Å². The number of hydrogen-bond acceptors (Lipinski definition) is 7. The van der Waals surface area contributed by atoms with Crippen LogP contribution in [-0.4, -0.2) is 58.6 Å². The third-order valence-corrected chi connectivity index (χ3v) is 6.50. The third-order valence-electron chi connectivity index (χ3n) is 5.12. The molecule has 10 heteroatoms. The number of sulfonamides is 1. The number of carbonyl (C=O) groups is 1. The van der Waals surface area contributed by atoms with Crippen molar-refractivity contribution in [1.29, 1.82) is 0 Å². The molecule has 168 valence electrons. The standard InChI is InChI=1S/C21H29N5O4S/c1-4-15(2)24-21(27)19-12-16(14-23-20(19)26-10-8-22-9-11-26)25-31(28,29)18-7-5-6-17(13-18)30-3/h5-7,12-15,22,25H,4,8-11H2,1-3H3,(H,24,27)/t15-/m0/s1. The number of hydrogen-bond donors (Lipinski definition) is 3. The molecule has 2 heterocycles. The van der Waals surface area contributed by atoms with Crippen LogP contribution in [0, 0.1) is 0 Å². The van der Waals surface area contributed by atoms with Crippen LogP contribution in [0.25, 0.3) is 0 Å². The first-order valence-corrected chi connectivity index (χ1v) is 11.8. The van der Waals surface area contributed by atoms with Crippen LogP contribution in [0.2, 0.25) is 0 Å². The summed E-state index contributed by atoms with van der Waals surface area (Å²) in [4.78, 5) is 19.5. The second kappa shape index (κ2) is 9.97. The summed E-state index contributed by atoms with van der Waals surface area (Å²) < 4.78 is 33.3. The molecule has 0 spiro atoms. The summed E-state index contributed by atoms with van der Waals surface area (Å²) in [5.74, 6) is 0.702. The van der Waals surface area contributed by atoms with Crippen molar-refractivity contribution < 1.29 is 17.9 Å². The Morgan fingerprint density at radius 2 is 2.03 bits per heavy atom. The quantitative estimate of drug-likeness (QED) is 0.566. The minimum absolute atomic E-state index is 0.0134. The Morgan fingerprint density at radius 1 is 1.29 bits per heavy atom. The number of nitrogens with zero attached hydrogens (tertiary/aromatic N) is 2. The molecule has 1 aliphatic heterocycles. The minimum atomic E-state index is -3.88. The molecule has 2 aromatic rings. The smallest absolute Gasteiger partial charge is 0.262 e. The van der Waals surface area contributed by atoms with Gasteiger partial charge in [0.25, 0.3) is 15.9 Å². The van der Waals surface area contributed by atoms with Crippen molar-refractivity contribution in [1.82, 2.24) is 15.6 Å². The molecular weight excluding hydrogens is 418 g/mol. The van der Waals surface area contributed by atoms with Gasteiger partial charge in [0.2, 0.25) is 0 Å². The molecule has 3 rings (SSSR count). The van der Waals surface area contributed by atoms with Gasteiger partial charge in [0.05, 0.1) is 29.5 Å². The maximum Gasteiger partial charge on any atom is 0.262 e. The van der Waals surface area contributed by atoms with Gasteiger partial charge >= 0.3 is 0 Å². The summed E-state index contributed by atoms with van der Waals surface area (Å²) >= 11 is 0. The van der Waals surface area contributed by atoms with Gasteiger partial charge in [-0.05, 0) is 31.5 Å². The van der Waals surface area contributed by atoms with Gasteiger partial charge < -0.3 is 20.3 Å². The number of pyridine rings is 1. The van der Waals surface area contributed by atoms with Gasteiger partial charge in [0.15, 0.2) is 0 Å². The van der Waals surface area contributed by atoms with E-state index < -0.39 is 10.0 Å². The van der Waals surface area contributed by atoms with Crippen LogP contribution in [0.3, 0.4) is 0 Å². The number of aromatic nitrogens is 1. The van der Waals surface area contributed by atoms with Crippen molar-refractivity contribution in [3.8, 4) is 5.75 Å². The van der Waals surface area contributed by atoms with Crippen LogP contribution in [0.1, 0.15) is 30.6 Å². The van der Waals surface area contributed by atoms with Crippen LogP contribution >= 0.6 is 0 Å². The van der Waals surface area contributed by atoms with Crippen LogP contribution < -0.4 is 25.0 Å². The summed E-state index contributed by atoms with van der Waals surface area (Å²) in [5.41, 5.74) is 0.559. The summed E-state index contributed by atoms with van der Waals surface area (Å²) in [6.07, 6.45) is 2.22. The molecule has 1 aromatic carbocycles. The summed E-state index contributed by atoms with van der Waals surface area (Å²) in [7, 11) is -2.41. The highest BCUT2D eigenvalue weighted by Gasteiger charge is 2.23. The summed E-state index contributed by atoms with van der Waals surface area (Å²) in [6, 6.07) is 7.70. The van der Waals surface area contributed by atoms with Gasteiger partial charge in [-0.15, -0.1) is 0 Å². The topological polar surface area (TPSA) is 113 Å². The second-order valence-corrected chi connectivity index (χ2v) is 9.08.